The topological polar surface area (TPSA) is 140 Å². The summed E-state index contributed by atoms with van der Waals surface area (Å²) in [5.74, 6) is -3.95. The SMILES string of the molecule is CCC1(O)CC(C)C(C)(OC(C)=O)C(=O)OCC2=CC(=O)N3CCC(OC1=O)C23O. The molecule has 0 radical (unpaired) electrons. The molecular weight excluding hydrogens is 398 g/mol. The molecule has 3 aliphatic rings. The van der Waals surface area contributed by atoms with Gasteiger partial charge < -0.3 is 29.3 Å². The first kappa shape index (κ1) is 22.2. The fraction of sp³-hybridized carbons (Fsp3) is 0.700. The van der Waals surface area contributed by atoms with Gasteiger partial charge in [-0.15, -0.1) is 0 Å². The van der Waals surface area contributed by atoms with Gasteiger partial charge in [0.25, 0.3) is 0 Å². The molecule has 2 N–H and O–H groups in total. The van der Waals surface area contributed by atoms with Crippen LogP contribution < -0.4 is 0 Å². The third-order valence-corrected chi connectivity index (χ3v) is 6.43. The van der Waals surface area contributed by atoms with Crippen LogP contribution in [-0.4, -0.2) is 75.1 Å². The lowest BCUT2D eigenvalue weighted by Crippen LogP contribution is -2.56. The van der Waals surface area contributed by atoms with Gasteiger partial charge in [-0.25, -0.2) is 9.59 Å². The Morgan fingerprint density at radius 3 is 2.57 bits per heavy atom. The number of carbonyl (C=O) groups is 4. The number of ether oxygens (including phenoxy) is 3. The summed E-state index contributed by atoms with van der Waals surface area (Å²) in [7, 11) is 0. The highest BCUT2D eigenvalue weighted by Crippen LogP contribution is 2.42. The Bertz CT molecular complexity index is 823. The van der Waals surface area contributed by atoms with Gasteiger partial charge in [0, 0.05) is 37.5 Å². The molecule has 0 aromatic rings. The molecule has 0 aliphatic carbocycles. The van der Waals surface area contributed by atoms with Gasteiger partial charge in [-0.3, -0.25) is 9.59 Å². The molecule has 3 rings (SSSR count). The van der Waals surface area contributed by atoms with Crippen molar-refractivity contribution in [3.63, 3.8) is 0 Å². The highest BCUT2D eigenvalue weighted by atomic mass is 16.6. The molecule has 5 atom stereocenters. The number of esters is 3. The number of carbonyl (C=O) groups excluding carboxylic acids is 4. The molecule has 3 aliphatic heterocycles. The summed E-state index contributed by atoms with van der Waals surface area (Å²) in [6.45, 7) is 5.27. The fourth-order valence-electron chi connectivity index (χ4n) is 4.31. The molecule has 166 valence electrons. The van der Waals surface area contributed by atoms with Gasteiger partial charge in [0.2, 0.25) is 17.2 Å². The van der Waals surface area contributed by atoms with Crippen LogP contribution in [0.4, 0.5) is 0 Å². The fourth-order valence-corrected chi connectivity index (χ4v) is 4.31. The first-order chi connectivity index (χ1) is 13.9. The predicted octanol–water partition coefficient (Wildman–Crippen LogP) is -0.195. The zero-order valence-corrected chi connectivity index (χ0v) is 17.5. The minimum absolute atomic E-state index is 0.0438. The van der Waals surface area contributed by atoms with Crippen molar-refractivity contribution in [2.24, 2.45) is 5.92 Å². The third kappa shape index (κ3) is 3.27. The van der Waals surface area contributed by atoms with E-state index < -0.39 is 59.4 Å². The van der Waals surface area contributed by atoms with Crippen molar-refractivity contribution < 1.29 is 43.6 Å². The monoisotopic (exact) mass is 425 g/mol. The average Bonchev–Trinajstić information content (AvgIpc) is 3.12. The zero-order valence-electron chi connectivity index (χ0n) is 17.5. The summed E-state index contributed by atoms with van der Waals surface area (Å²) < 4.78 is 16.1. The van der Waals surface area contributed by atoms with E-state index in [1.807, 2.05) is 0 Å². The van der Waals surface area contributed by atoms with Crippen LogP contribution in [0.15, 0.2) is 11.6 Å². The lowest BCUT2D eigenvalue weighted by atomic mass is 9.79. The summed E-state index contributed by atoms with van der Waals surface area (Å²) in [4.78, 5) is 50.9. The molecule has 0 aromatic carbocycles. The Labute approximate surface area is 173 Å². The molecule has 0 bridgehead atoms. The van der Waals surface area contributed by atoms with Crippen LogP contribution in [-0.2, 0) is 33.4 Å². The molecule has 0 saturated carbocycles. The minimum Gasteiger partial charge on any atom is -0.458 e. The van der Waals surface area contributed by atoms with Crippen molar-refractivity contribution in [2.75, 3.05) is 13.2 Å². The van der Waals surface area contributed by atoms with Crippen molar-refractivity contribution in [3.8, 4) is 0 Å². The van der Waals surface area contributed by atoms with E-state index in [9.17, 15) is 29.4 Å². The highest BCUT2D eigenvalue weighted by molar-refractivity contribution is 5.93. The first-order valence-electron chi connectivity index (χ1n) is 9.93. The van der Waals surface area contributed by atoms with Crippen molar-refractivity contribution >= 4 is 23.8 Å². The molecule has 10 nitrogen and oxygen atoms in total. The molecule has 5 unspecified atom stereocenters. The van der Waals surface area contributed by atoms with E-state index in [1.54, 1.807) is 13.8 Å². The number of nitrogens with zero attached hydrogens (tertiary/aromatic N) is 1. The van der Waals surface area contributed by atoms with Gasteiger partial charge in [0.15, 0.2) is 11.7 Å². The second-order valence-corrected chi connectivity index (χ2v) is 8.34. The standard InChI is InChI=1S/C20H27NO9/c1-5-19(26)9-11(2)18(4,30-12(3)22)16(24)28-10-13-8-15(23)21-7-6-14(20(13,21)27)29-17(19)25/h8,11,14,26-27H,5-7,9-10H2,1-4H3. The Kier molecular flexibility index (Phi) is 5.44. The molecule has 1 amide bonds. The Hall–Kier alpha value is -2.46. The summed E-state index contributed by atoms with van der Waals surface area (Å²) >= 11 is 0. The smallest absolute Gasteiger partial charge is 0.350 e. The highest BCUT2D eigenvalue weighted by Gasteiger charge is 2.60. The molecule has 2 fully saturated rings. The maximum absolute atomic E-state index is 12.9. The van der Waals surface area contributed by atoms with E-state index in [2.05, 4.69) is 0 Å². The second-order valence-electron chi connectivity index (χ2n) is 8.34. The third-order valence-electron chi connectivity index (χ3n) is 6.43. The normalized spacial score (nSPS) is 39.3. The predicted molar refractivity (Wildman–Crippen MR) is 99.4 cm³/mol. The van der Waals surface area contributed by atoms with Gasteiger partial charge in [-0.2, -0.15) is 0 Å². The van der Waals surface area contributed by atoms with Crippen molar-refractivity contribution in [1.82, 2.24) is 4.90 Å². The van der Waals surface area contributed by atoms with E-state index in [0.29, 0.717) is 0 Å². The van der Waals surface area contributed by atoms with Gasteiger partial charge in [0.1, 0.15) is 6.61 Å². The molecule has 2 saturated heterocycles. The largest absolute Gasteiger partial charge is 0.458 e. The van der Waals surface area contributed by atoms with Crippen LogP contribution in [0, 0.1) is 5.92 Å². The van der Waals surface area contributed by atoms with Crippen LogP contribution in [0.25, 0.3) is 0 Å². The number of cyclic esters (lactones) is 1. The second kappa shape index (κ2) is 7.35. The lowest BCUT2D eigenvalue weighted by Gasteiger charge is -2.39. The first-order valence-corrected chi connectivity index (χ1v) is 9.93. The average molecular weight is 425 g/mol. The van der Waals surface area contributed by atoms with Crippen LogP contribution >= 0.6 is 0 Å². The Morgan fingerprint density at radius 1 is 1.30 bits per heavy atom. The van der Waals surface area contributed by atoms with Crippen LogP contribution in [0.5, 0.6) is 0 Å². The minimum atomic E-state index is -2.00. The number of rotatable bonds is 2. The number of hydrogen-bond donors (Lipinski definition) is 2. The summed E-state index contributed by atoms with van der Waals surface area (Å²) in [5.41, 5.74) is -5.73. The van der Waals surface area contributed by atoms with Crippen molar-refractivity contribution in [1.29, 1.82) is 0 Å². The van der Waals surface area contributed by atoms with E-state index in [1.165, 1.54) is 6.92 Å². The van der Waals surface area contributed by atoms with E-state index in [-0.39, 0.29) is 31.4 Å². The van der Waals surface area contributed by atoms with E-state index in [0.717, 1.165) is 17.9 Å². The van der Waals surface area contributed by atoms with Gasteiger partial charge in [-0.1, -0.05) is 13.8 Å². The molecular formula is C20H27NO9. The van der Waals surface area contributed by atoms with E-state index >= 15 is 0 Å². The molecule has 3 heterocycles. The van der Waals surface area contributed by atoms with Crippen molar-refractivity contribution in [2.45, 2.75) is 70.0 Å². The maximum atomic E-state index is 12.9. The maximum Gasteiger partial charge on any atom is 0.350 e. The zero-order chi connectivity index (χ0) is 22.5. The quantitative estimate of drug-likeness (QED) is 0.455. The van der Waals surface area contributed by atoms with E-state index in [4.69, 9.17) is 14.2 Å². The van der Waals surface area contributed by atoms with Crippen LogP contribution in [0.3, 0.4) is 0 Å². The number of amides is 1. The van der Waals surface area contributed by atoms with Gasteiger partial charge in [0.05, 0.1) is 0 Å². The molecule has 10 heteroatoms. The Morgan fingerprint density at radius 2 is 1.97 bits per heavy atom. The molecule has 0 spiro atoms. The molecule has 30 heavy (non-hydrogen) atoms. The lowest BCUT2D eigenvalue weighted by molar-refractivity contribution is -0.201. The molecule has 0 aromatic heterocycles. The number of aliphatic hydroxyl groups is 2. The van der Waals surface area contributed by atoms with Crippen molar-refractivity contribution in [3.05, 3.63) is 11.6 Å². The van der Waals surface area contributed by atoms with Gasteiger partial charge >= 0.3 is 17.9 Å². The van der Waals surface area contributed by atoms with Gasteiger partial charge in [-0.05, 0) is 19.8 Å². The summed E-state index contributed by atoms with van der Waals surface area (Å²) in [6, 6.07) is 0. The van der Waals surface area contributed by atoms with Crippen LogP contribution in [0.2, 0.25) is 0 Å². The van der Waals surface area contributed by atoms with Crippen LogP contribution in [0.1, 0.15) is 47.0 Å². The summed E-state index contributed by atoms with van der Waals surface area (Å²) in [6.07, 6.45) is -0.110. The number of hydrogen-bond acceptors (Lipinski definition) is 9. The Balaban J connectivity index is 2.06. The summed E-state index contributed by atoms with van der Waals surface area (Å²) in [5, 5.41) is 22.3.